The molecule has 7 nitrogen and oxygen atoms in total. The number of rotatable bonds is 5. The molecule has 152 valence electrons. The van der Waals surface area contributed by atoms with Crippen LogP contribution in [0.4, 0.5) is 28.8 Å². The first-order valence-electron chi connectivity index (χ1n) is 7.95. The van der Waals surface area contributed by atoms with Crippen LogP contribution in [0, 0.1) is 0 Å². The summed E-state index contributed by atoms with van der Waals surface area (Å²) in [4.78, 5) is 23.8. The van der Waals surface area contributed by atoms with Crippen molar-refractivity contribution in [3.8, 4) is 0 Å². The highest BCUT2D eigenvalue weighted by Crippen LogP contribution is 2.34. The normalized spacial score (nSPS) is 11.8. The van der Waals surface area contributed by atoms with E-state index in [1.165, 1.54) is 18.2 Å². The number of hydrogen-bond donors (Lipinski definition) is 3. The zero-order valence-electron chi connectivity index (χ0n) is 15.2. The lowest BCUT2D eigenvalue weighted by molar-refractivity contribution is -0.137. The minimum Gasteiger partial charge on any atom is -0.333 e. The van der Waals surface area contributed by atoms with E-state index >= 15 is 0 Å². The summed E-state index contributed by atoms with van der Waals surface area (Å²) >= 11 is 2.05. The molecular weight excluding hydrogens is 415 g/mol. The third-order valence-corrected chi connectivity index (χ3v) is 4.92. The average Bonchev–Trinajstić information content (AvgIpc) is 2.98. The molecule has 3 N–H and O–H groups in total. The highest BCUT2D eigenvalue weighted by Gasteiger charge is 2.33. The van der Waals surface area contributed by atoms with Gasteiger partial charge in [0.2, 0.25) is 11.0 Å². The second-order valence-electron chi connectivity index (χ2n) is 6.58. The molecule has 0 aliphatic carbocycles. The first-order valence-corrected chi connectivity index (χ1v) is 9.76. The molecule has 0 spiro atoms. The van der Waals surface area contributed by atoms with Crippen molar-refractivity contribution < 1.29 is 22.8 Å². The average molecular weight is 433 g/mol. The van der Waals surface area contributed by atoms with Crippen molar-refractivity contribution >= 4 is 45.9 Å². The first-order chi connectivity index (χ1) is 12.9. The molecule has 3 amide bonds. The smallest absolute Gasteiger partial charge is 0.333 e. The molecule has 0 atom stereocenters. The van der Waals surface area contributed by atoms with E-state index in [1.54, 1.807) is 0 Å². The Bertz CT molecular complexity index is 849. The van der Waals surface area contributed by atoms with Crippen molar-refractivity contribution in [3.63, 3.8) is 0 Å². The highest BCUT2D eigenvalue weighted by molar-refractivity contribution is 8.01. The van der Waals surface area contributed by atoms with Crippen molar-refractivity contribution in [1.29, 1.82) is 0 Å². The van der Waals surface area contributed by atoms with Crippen LogP contribution in [0.15, 0.2) is 28.6 Å². The summed E-state index contributed by atoms with van der Waals surface area (Å²) in [5.74, 6) is -0.772. The predicted molar refractivity (Wildman–Crippen MR) is 103 cm³/mol. The fraction of sp³-hybridized carbons (Fsp3) is 0.375. The number of para-hydroxylation sites is 1. The van der Waals surface area contributed by atoms with E-state index in [9.17, 15) is 22.8 Å². The summed E-state index contributed by atoms with van der Waals surface area (Å²) in [6.45, 7) is 5.47. The second-order valence-corrected chi connectivity index (χ2v) is 8.78. The van der Waals surface area contributed by atoms with E-state index in [-0.39, 0.29) is 16.6 Å². The van der Waals surface area contributed by atoms with Crippen LogP contribution in [-0.2, 0) is 11.0 Å². The number of thioether (sulfide) groups is 1. The van der Waals surface area contributed by atoms with Gasteiger partial charge in [-0.1, -0.05) is 35.2 Å². The molecule has 2 rings (SSSR count). The van der Waals surface area contributed by atoms with Crippen molar-refractivity contribution in [2.75, 3.05) is 16.4 Å². The summed E-state index contributed by atoms with van der Waals surface area (Å²) < 4.78 is 39.2. The van der Waals surface area contributed by atoms with Crippen LogP contribution < -0.4 is 16.0 Å². The predicted octanol–water partition coefficient (Wildman–Crippen LogP) is 4.21. The zero-order valence-corrected chi connectivity index (χ0v) is 16.8. The molecule has 0 saturated heterocycles. The molecule has 0 bridgehead atoms. The van der Waals surface area contributed by atoms with Crippen LogP contribution in [-0.4, -0.2) is 33.4 Å². The van der Waals surface area contributed by atoms with Crippen LogP contribution in [0.5, 0.6) is 0 Å². The van der Waals surface area contributed by atoms with Crippen LogP contribution in [0.3, 0.4) is 0 Å². The number of nitrogens with zero attached hydrogens (tertiary/aromatic N) is 2. The third-order valence-electron chi connectivity index (χ3n) is 2.95. The van der Waals surface area contributed by atoms with Crippen molar-refractivity contribution in [3.05, 3.63) is 29.8 Å². The van der Waals surface area contributed by atoms with Gasteiger partial charge in [0, 0.05) is 5.54 Å². The number of alkyl halides is 3. The Morgan fingerprint density at radius 2 is 1.79 bits per heavy atom. The lowest BCUT2D eigenvalue weighted by Crippen LogP contribution is -2.43. The maximum Gasteiger partial charge on any atom is 0.418 e. The molecule has 2 aromatic rings. The molecule has 28 heavy (non-hydrogen) atoms. The highest BCUT2D eigenvalue weighted by atomic mass is 32.2. The number of halogens is 3. The number of carbonyl (C=O) groups is 2. The summed E-state index contributed by atoms with van der Waals surface area (Å²) in [6, 6.07) is 4.30. The Hall–Kier alpha value is -2.34. The Balaban J connectivity index is 1.89. The summed E-state index contributed by atoms with van der Waals surface area (Å²) in [5.41, 5.74) is -1.64. The molecule has 0 aliphatic heterocycles. The largest absolute Gasteiger partial charge is 0.418 e. The number of hydrogen-bond acceptors (Lipinski definition) is 6. The van der Waals surface area contributed by atoms with E-state index in [0.29, 0.717) is 4.34 Å². The maximum atomic E-state index is 12.9. The Kier molecular flexibility index (Phi) is 6.88. The number of amides is 3. The van der Waals surface area contributed by atoms with Gasteiger partial charge in [-0.05, 0) is 32.9 Å². The fourth-order valence-electron chi connectivity index (χ4n) is 1.94. The molecule has 0 radical (unpaired) electrons. The minimum absolute atomic E-state index is 0.158. The Labute approximate surface area is 167 Å². The molecule has 0 saturated carbocycles. The van der Waals surface area contributed by atoms with E-state index in [4.69, 9.17) is 0 Å². The van der Waals surface area contributed by atoms with E-state index in [1.807, 2.05) is 20.8 Å². The van der Waals surface area contributed by atoms with Gasteiger partial charge in [-0.2, -0.15) is 13.2 Å². The Morgan fingerprint density at radius 3 is 2.43 bits per heavy atom. The van der Waals surface area contributed by atoms with Crippen LogP contribution >= 0.6 is 23.1 Å². The molecular formula is C16H18F3N5O2S2. The van der Waals surface area contributed by atoms with Crippen molar-refractivity contribution in [1.82, 2.24) is 15.5 Å². The fourth-order valence-corrected chi connectivity index (χ4v) is 3.49. The van der Waals surface area contributed by atoms with Crippen molar-refractivity contribution in [2.24, 2.45) is 0 Å². The zero-order chi connectivity index (χ0) is 20.9. The standard InChI is InChI=1S/C16H18F3N5O2S2/c1-15(2,3)22-12(26)21-13-23-24-14(28-13)27-8-11(25)20-10-7-5-4-6-9(10)16(17,18)19/h4-7H,8H2,1-3H3,(H,20,25)(H2,21,22,23,26). The van der Waals surface area contributed by atoms with Crippen LogP contribution in [0.2, 0.25) is 0 Å². The van der Waals surface area contributed by atoms with Crippen LogP contribution in [0.1, 0.15) is 26.3 Å². The van der Waals surface area contributed by atoms with Gasteiger partial charge in [-0.3, -0.25) is 10.1 Å². The van der Waals surface area contributed by atoms with Gasteiger partial charge in [-0.25, -0.2) is 4.79 Å². The van der Waals surface area contributed by atoms with Gasteiger partial charge in [0.1, 0.15) is 0 Å². The molecule has 0 unspecified atom stereocenters. The lowest BCUT2D eigenvalue weighted by atomic mass is 10.1. The van der Waals surface area contributed by atoms with E-state index in [0.717, 1.165) is 29.2 Å². The molecule has 12 heteroatoms. The second kappa shape index (κ2) is 8.78. The molecule has 0 aliphatic rings. The number of urea groups is 1. The van der Waals surface area contributed by atoms with Crippen molar-refractivity contribution in [2.45, 2.75) is 36.8 Å². The molecule has 1 aromatic carbocycles. The maximum absolute atomic E-state index is 12.9. The minimum atomic E-state index is -4.57. The van der Waals surface area contributed by atoms with E-state index < -0.39 is 29.2 Å². The monoisotopic (exact) mass is 433 g/mol. The van der Waals surface area contributed by atoms with Crippen LogP contribution in [0.25, 0.3) is 0 Å². The number of carbonyl (C=O) groups excluding carboxylic acids is 2. The molecule has 1 heterocycles. The molecule has 1 aromatic heterocycles. The number of nitrogens with one attached hydrogen (secondary N) is 3. The van der Waals surface area contributed by atoms with E-state index in [2.05, 4.69) is 26.1 Å². The Morgan fingerprint density at radius 1 is 1.11 bits per heavy atom. The summed E-state index contributed by atoms with van der Waals surface area (Å²) in [5, 5.41) is 15.3. The number of benzene rings is 1. The summed E-state index contributed by atoms with van der Waals surface area (Å²) in [7, 11) is 0. The number of anilines is 2. The van der Waals surface area contributed by atoms with Gasteiger partial charge in [0.25, 0.3) is 0 Å². The topological polar surface area (TPSA) is 96.0 Å². The first kappa shape index (κ1) is 22.0. The lowest BCUT2D eigenvalue weighted by Gasteiger charge is -2.19. The van der Waals surface area contributed by atoms with Gasteiger partial charge in [0.15, 0.2) is 4.34 Å². The summed E-state index contributed by atoms with van der Waals surface area (Å²) in [6.07, 6.45) is -4.57. The van der Waals surface area contributed by atoms with Gasteiger partial charge >= 0.3 is 12.2 Å². The third kappa shape index (κ3) is 7.00. The quantitative estimate of drug-likeness (QED) is 0.485. The van der Waals surface area contributed by atoms with Gasteiger partial charge in [-0.15, -0.1) is 10.2 Å². The van der Waals surface area contributed by atoms with Gasteiger partial charge < -0.3 is 10.6 Å². The SMILES string of the molecule is CC(C)(C)NC(=O)Nc1nnc(SCC(=O)Nc2ccccc2C(F)(F)F)s1. The van der Waals surface area contributed by atoms with Gasteiger partial charge in [0.05, 0.1) is 17.0 Å². The molecule has 0 fully saturated rings. The number of aromatic nitrogens is 2.